The molecule has 29 heavy (non-hydrogen) atoms. The molecule has 0 aliphatic carbocycles. The minimum atomic E-state index is -0.293. The van der Waals surface area contributed by atoms with E-state index in [0.717, 1.165) is 11.3 Å². The van der Waals surface area contributed by atoms with E-state index in [2.05, 4.69) is 16.0 Å². The number of amides is 1. The number of carbonyl (C=O) groups is 1. The lowest BCUT2D eigenvalue weighted by Crippen LogP contribution is -2.27. The van der Waals surface area contributed by atoms with Gasteiger partial charge in [0.15, 0.2) is 5.65 Å². The van der Waals surface area contributed by atoms with E-state index in [0.29, 0.717) is 26.9 Å². The van der Waals surface area contributed by atoms with E-state index >= 15 is 0 Å². The summed E-state index contributed by atoms with van der Waals surface area (Å²) in [6, 6.07) is 14.0. The van der Waals surface area contributed by atoms with Crippen molar-refractivity contribution in [1.82, 2.24) is 14.4 Å². The van der Waals surface area contributed by atoms with Crippen molar-refractivity contribution >= 4 is 40.4 Å². The second kappa shape index (κ2) is 7.55. The fourth-order valence-corrected chi connectivity index (χ4v) is 3.45. The molecule has 142 valence electrons. The number of anilines is 1. The molecule has 0 saturated carbocycles. The van der Waals surface area contributed by atoms with Gasteiger partial charge in [-0.15, -0.1) is 0 Å². The third-order valence-electron chi connectivity index (χ3n) is 4.51. The zero-order valence-electron chi connectivity index (χ0n) is 15.2. The van der Waals surface area contributed by atoms with Crippen LogP contribution in [-0.2, 0) is 0 Å². The van der Waals surface area contributed by atoms with Crippen LogP contribution in [0.5, 0.6) is 0 Å². The van der Waals surface area contributed by atoms with Gasteiger partial charge in [-0.25, -0.2) is 9.97 Å². The second-order valence-electron chi connectivity index (χ2n) is 6.29. The fraction of sp³-hybridized carbons (Fsp3) is 0.0476. The van der Waals surface area contributed by atoms with E-state index in [1.54, 1.807) is 66.3 Å². The number of rotatable bonds is 3. The number of aromatic nitrogens is 3. The van der Waals surface area contributed by atoms with Crippen LogP contribution in [0.25, 0.3) is 16.9 Å². The summed E-state index contributed by atoms with van der Waals surface area (Å²) in [5, 5.41) is 9.94. The Morgan fingerprint density at radius 2 is 1.86 bits per heavy atom. The highest BCUT2D eigenvalue weighted by atomic mass is 35.5. The molecule has 2 aromatic heterocycles. The molecule has 0 N–H and O–H groups in total. The number of imidazole rings is 1. The maximum absolute atomic E-state index is 12.9. The van der Waals surface area contributed by atoms with Crippen LogP contribution < -0.4 is 4.90 Å². The molecule has 4 aromatic rings. The van der Waals surface area contributed by atoms with Crippen LogP contribution in [0.1, 0.15) is 16.1 Å². The molecule has 2 heterocycles. The molecule has 4 rings (SSSR count). The first-order valence-corrected chi connectivity index (χ1v) is 9.30. The normalized spacial score (nSPS) is 10.7. The zero-order chi connectivity index (χ0) is 20.5. The topological polar surface area (TPSA) is 74.3 Å². The maximum atomic E-state index is 12.9. The van der Waals surface area contributed by atoms with Crippen molar-refractivity contribution in [2.75, 3.05) is 11.9 Å². The minimum absolute atomic E-state index is 0.244. The molecular formula is C21H13Cl2N5O. The van der Waals surface area contributed by atoms with Crippen LogP contribution >= 0.6 is 23.2 Å². The van der Waals surface area contributed by atoms with Gasteiger partial charge in [0.05, 0.1) is 34.7 Å². The average molecular weight is 422 g/mol. The van der Waals surface area contributed by atoms with E-state index in [-0.39, 0.29) is 11.6 Å². The number of nitriles is 1. The molecule has 2 aromatic carbocycles. The summed E-state index contributed by atoms with van der Waals surface area (Å²) in [7, 11) is 1.65. The van der Waals surface area contributed by atoms with Gasteiger partial charge < -0.3 is 4.90 Å². The number of halogens is 2. The van der Waals surface area contributed by atoms with Crippen LogP contribution in [0.4, 0.5) is 5.69 Å². The van der Waals surface area contributed by atoms with Crippen LogP contribution in [-0.4, -0.2) is 27.3 Å². The lowest BCUT2D eigenvalue weighted by atomic mass is 10.1. The molecule has 8 heteroatoms. The van der Waals surface area contributed by atoms with E-state index in [4.69, 9.17) is 28.5 Å². The number of benzene rings is 2. The monoisotopic (exact) mass is 421 g/mol. The first-order valence-electron chi connectivity index (χ1n) is 8.54. The minimum Gasteiger partial charge on any atom is -0.310 e. The van der Waals surface area contributed by atoms with Crippen molar-refractivity contribution in [3.8, 4) is 17.3 Å². The molecular weight excluding hydrogens is 409 g/mol. The van der Waals surface area contributed by atoms with Crippen molar-refractivity contribution in [1.29, 1.82) is 5.26 Å². The van der Waals surface area contributed by atoms with E-state index in [9.17, 15) is 4.79 Å². The number of carbonyl (C=O) groups excluding carboxylic acids is 1. The van der Waals surface area contributed by atoms with Gasteiger partial charge in [-0.2, -0.15) is 5.26 Å². The Bertz CT molecular complexity index is 1270. The second-order valence-corrected chi connectivity index (χ2v) is 7.13. The van der Waals surface area contributed by atoms with Gasteiger partial charge in [0, 0.05) is 29.5 Å². The molecule has 0 aliphatic heterocycles. The number of nitrogens with zero attached hydrogens (tertiary/aromatic N) is 5. The molecule has 1 amide bonds. The Labute approximate surface area is 176 Å². The smallest absolute Gasteiger partial charge is 0.278 e. The van der Waals surface area contributed by atoms with Crippen LogP contribution in [0, 0.1) is 11.3 Å². The molecule has 6 nitrogen and oxygen atoms in total. The number of fused-ring (bicyclic) bond motifs is 1. The zero-order valence-corrected chi connectivity index (χ0v) is 16.7. The van der Waals surface area contributed by atoms with Gasteiger partial charge in [-0.1, -0.05) is 23.2 Å². The van der Waals surface area contributed by atoms with E-state index < -0.39 is 0 Å². The fourth-order valence-electron chi connectivity index (χ4n) is 2.94. The predicted octanol–water partition coefficient (Wildman–Crippen LogP) is 4.85. The summed E-state index contributed by atoms with van der Waals surface area (Å²) in [6.07, 6.45) is 4.84. The highest BCUT2D eigenvalue weighted by molar-refractivity contribution is 6.36. The van der Waals surface area contributed by atoms with Crippen LogP contribution in [0.2, 0.25) is 10.0 Å². The third kappa shape index (κ3) is 3.54. The van der Waals surface area contributed by atoms with Crippen LogP contribution in [0.3, 0.4) is 0 Å². The number of hydrogen-bond donors (Lipinski definition) is 0. The Balaban J connectivity index is 1.73. The molecule has 0 spiro atoms. The number of hydrogen-bond acceptors (Lipinski definition) is 4. The van der Waals surface area contributed by atoms with Gasteiger partial charge in [-0.05, 0) is 42.5 Å². The van der Waals surface area contributed by atoms with Crippen LogP contribution in [0.15, 0.2) is 61.1 Å². The largest absolute Gasteiger partial charge is 0.310 e. The Kier molecular flexibility index (Phi) is 4.93. The van der Waals surface area contributed by atoms with E-state index in [1.165, 1.54) is 11.1 Å². The summed E-state index contributed by atoms with van der Waals surface area (Å²) in [6.45, 7) is 0. The molecule has 0 unspecified atom stereocenters. The average Bonchev–Trinajstić information content (AvgIpc) is 3.16. The standard InChI is InChI=1S/C21H13Cl2N5O/c1-27(15-5-2-13(9-24)3-6-15)21(29)18-12-28-19(10-26-20(28)11-25-18)16-7-4-14(22)8-17(16)23/h2-8,10-12H,1H3. The Morgan fingerprint density at radius 3 is 2.55 bits per heavy atom. The van der Waals surface area contributed by atoms with Gasteiger partial charge in [0.1, 0.15) is 5.69 Å². The molecule has 0 aliphatic rings. The molecule has 0 atom stereocenters. The van der Waals surface area contributed by atoms with Crippen molar-refractivity contribution < 1.29 is 4.79 Å². The van der Waals surface area contributed by atoms with Gasteiger partial charge in [0.25, 0.3) is 5.91 Å². The Morgan fingerprint density at radius 1 is 1.10 bits per heavy atom. The van der Waals surface area contributed by atoms with Gasteiger partial charge in [0.2, 0.25) is 0 Å². The Hall–Kier alpha value is -3.40. The molecule has 0 saturated heterocycles. The molecule has 0 bridgehead atoms. The van der Waals surface area contributed by atoms with Gasteiger partial charge in [-0.3, -0.25) is 9.20 Å². The molecule has 0 fully saturated rings. The predicted molar refractivity (Wildman–Crippen MR) is 112 cm³/mol. The SMILES string of the molecule is CN(C(=O)c1cn2c(-c3ccc(Cl)cc3Cl)cnc2cn1)c1ccc(C#N)cc1. The van der Waals surface area contributed by atoms with Crippen molar-refractivity contribution in [3.63, 3.8) is 0 Å². The summed E-state index contributed by atoms with van der Waals surface area (Å²) < 4.78 is 1.77. The highest BCUT2D eigenvalue weighted by Crippen LogP contribution is 2.30. The van der Waals surface area contributed by atoms with E-state index in [1.807, 2.05) is 0 Å². The quantitative estimate of drug-likeness (QED) is 0.473. The lowest BCUT2D eigenvalue weighted by Gasteiger charge is -2.17. The highest BCUT2D eigenvalue weighted by Gasteiger charge is 2.18. The van der Waals surface area contributed by atoms with Crippen molar-refractivity contribution in [2.24, 2.45) is 0 Å². The van der Waals surface area contributed by atoms with Gasteiger partial charge >= 0.3 is 0 Å². The van der Waals surface area contributed by atoms with Crippen molar-refractivity contribution in [3.05, 3.63) is 82.4 Å². The summed E-state index contributed by atoms with van der Waals surface area (Å²) >= 11 is 12.3. The summed E-state index contributed by atoms with van der Waals surface area (Å²) in [4.78, 5) is 23.0. The van der Waals surface area contributed by atoms with Crippen molar-refractivity contribution in [2.45, 2.75) is 0 Å². The first-order chi connectivity index (χ1) is 14.0. The summed E-state index contributed by atoms with van der Waals surface area (Å²) in [5.41, 5.74) is 3.48. The maximum Gasteiger partial charge on any atom is 0.278 e. The summed E-state index contributed by atoms with van der Waals surface area (Å²) in [5.74, 6) is -0.293. The molecule has 0 radical (unpaired) electrons. The third-order valence-corrected chi connectivity index (χ3v) is 5.06. The first kappa shape index (κ1) is 18.9. The lowest BCUT2D eigenvalue weighted by molar-refractivity contribution is 0.0988.